The first-order valence-corrected chi connectivity index (χ1v) is 6.96. The molecule has 20 heavy (non-hydrogen) atoms. The van der Waals surface area contributed by atoms with Crippen LogP contribution in [0.5, 0.6) is 0 Å². The molecule has 0 saturated heterocycles. The van der Waals surface area contributed by atoms with Crippen LogP contribution in [0.3, 0.4) is 0 Å². The molecule has 0 fully saturated rings. The molecule has 2 rings (SSSR count). The van der Waals surface area contributed by atoms with Crippen molar-refractivity contribution < 1.29 is 4.79 Å². The highest BCUT2D eigenvalue weighted by atomic mass is 35.5. The second-order valence-electron chi connectivity index (χ2n) is 4.70. The molecule has 0 radical (unpaired) electrons. The van der Waals surface area contributed by atoms with Gasteiger partial charge in [-0.3, -0.25) is 4.79 Å². The predicted octanol–water partition coefficient (Wildman–Crippen LogP) is 2.95. The average molecular weight is 292 g/mol. The van der Waals surface area contributed by atoms with Crippen molar-refractivity contribution in [2.75, 3.05) is 7.05 Å². The summed E-state index contributed by atoms with van der Waals surface area (Å²) < 4.78 is 2.03. The minimum atomic E-state index is 0.113. The maximum atomic E-state index is 11.6. The summed E-state index contributed by atoms with van der Waals surface area (Å²) in [6.07, 6.45) is 4.18. The molecule has 1 aromatic heterocycles. The van der Waals surface area contributed by atoms with Gasteiger partial charge in [0.2, 0.25) is 5.91 Å². The van der Waals surface area contributed by atoms with Gasteiger partial charge >= 0.3 is 0 Å². The largest absolute Gasteiger partial charge is 0.338 e. The van der Waals surface area contributed by atoms with Crippen LogP contribution in [0.15, 0.2) is 36.7 Å². The summed E-state index contributed by atoms with van der Waals surface area (Å²) in [5, 5.41) is 0.724. The third-order valence-corrected chi connectivity index (χ3v) is 3.39. The SMILES string of the molecule is CCC(=O)N(C)Cc1nccn1Cc1cccc(Cl)c1. The molecule has 0 aliphatic rings. The molecule has 1 amide bonds. The number of rotatable bonds is 5. The van der Waals surface area contributed by atoms with Gasteiger partial charge in [-0.15, -0.1) is 0 Å². The van der Waals surface area contributed by atoms with E-state index >= 15 is 0 Å². The van der Waals surface area contributed by atoms with Crippen LogP contribution >= 0.6 is 11.6 Å². The highest BCUT2D eigenvalue weighted by molar-refractivity contribution is 6.30. The Kier molecular flexibility index (Phi) is 4.79. The van der Waals surface area contributed by atoms with E-state index in [0.29, 0.717) is 19.5 Å². The second kappa shape index (κ2) is 6.57. The first kappa shape index (κ1) is 14.6. The fourth-order valence-electron chi connectivity index (χ4n) is 2.04. The molecular formula is C15H18ClN3O. The van der Waals surface area contributed by atoms with Gasteiger partial charge in [0.15, 0.2) is 0 Å². The molecule has 2 aromatic rings. The van der Waals surface area contributed by atoms with Crippen molar-refractivity contribution in [1.82, 2.24) is 14.5 Å². The van der Waals surface area contributed by atoms with Crippen molar-refractivity contribution in [2.45, 2.75) is 26.4 Å². The van der Waals surface area contributed by atoms with Crippen molar-refractivity contribution in [3.63, 3.8) is 0 Å². The molecule has 0 saturated carbocycles. The van der Waals surface area contributed by atoms with Crippen LogP contribution in [-0.2, 0) is 17.9 Å². The molecule has 1 aromatic carbocycles. The minimum absolute atomic E-state index is 0.113. The van der Waals surface area contributed by atoms with Gasteiger partial charge < -0.3 is 9.47 Å². The average Bonchev–Trinajstić information content (AvgIpc) is 2.85. The van der Waals surface area contributed by atoms with Crippen LogP contribution < -0.4 is 0 Å². The number of aromatic nitrogens is 2. The predicted molar refractivity (Wildman–Crippen MR) is 79.5 cm³/mol. The van der Waals surface area contributed by atoms with E-state index in [1.165, 1.54) is 0 Å². The molecule has 0 aliphatic heterocycles. The lowest BCUT2D eigenvalue weighted by Crippen LogP contribution is -2.26. The maximum Gasteiger partial charge on any atom is 0.222 e. The number of halogens is 1. The van der Waals surface area contributed by atoms with Crippen LogP contribution in [0.25, 0.3) is 0 Å². The van der Waals surface area contributed by atoms with Gasteiger partial charge in [0.1, 0.15) is 5.82 Å². The fraction of sp³-hybridized carbons (Fsp3) is 0.333. The fourth-order valence-corrected chi connectivity index (χ4v) is 2.25. The molecular weight excluding hydrogens is 274 g/mol. The summed E-state index contributed by atoms with van der Waals surface area (Å²) in [6.45, 7) is 3.07. The molecule has 106 valence electrons. The summed E-state index contributed by atoms with van der Waals surface area (Å²) in [5.74, 6) is 0.983. The summed E-state index contributed by atoms with van der Waals surface area (Å²) in [4.78, 5) is 17.6. The van der Waals surface area contributed by atoms with Gasteiger partial charge in [-0.25, -0.2) is 4.98 Å². The van der Waals surface area contributed by atoms with E-state index in [1.807, 2.05) is 42.0 Å². The van der Waals surface area contributed by atoms with Crippen molar-refractivity contribution in [1.29, 1.82) is 0 Å². The van der Waals surface area contributed by atoms with Crippen molar-refractivity contribution in [3.8, 4) is 0 Å². The van der Waals surface area contributed by atoms with E-state index < -0.39 is 0 Å². The Labute approximate surface area is 124 Å². The Morgan fingerprint density at radius 2 is 2.25 bits per heavy atom. The van der Waals surface area contributed by atoms with E-state index in [9.17, 15) is 4.79 Å². The van der Waals surface area contributed by atoms with E-state index in [-0.39, 0.29) is 5.91 Å². The van der Waals surface area contributed by atoms with Crippen LogP contribution in [0.2, 0.25) is 5.02 Å². The van der Waals surface area contributed by atoms with E-state index in [1.54, 1.807) is 18.1 Å². The van der Waals surface area contributed by atoms with Gasteiger partial charge in [0.05, 0.1) is 6.54 Å². The van der Waals surface area contributed by atoms with Gasteiger partial charge in [-0.2, -0.15) is 0 Å². The molecule has 4 nitrogen and oxygen atoms in total. The first-order chi connectivity index (χ1) is 9.60. The third-order valence-electron chi connectivity index (χ3n) is 3.15. The molecule has 0 bridgehead atoms. The first-order valence-electron chi connectivity index (χ1n) is 6.58. The number of nitrogens with zero attached hydrogens (tertiary/aromatic N) is 3. The Morgan fingerprint density at radius 3 is 2.95 bits per heavy atom. The topological polar surface area (TPSA) is 38.1 Å². The number of carbonyl (C=O) groups is 1. The van der Waals surface area contributed by atoms with Crippen molar-refractivity contribution in [2.24, 2.45) is 0 Å². The number of amides is 1. The molecule has 0 aliphatic carbocycles. The lowest BCUT2D eigenvalue weighted by Gasteiger charge is -2.17. The highest BCUT2D eigenvalue weighted by Crippen LogP contribution is 2.13. The number of hydrogen-bond acceptors (Lipinski definition) is 2. The zero-order valence-electron chi connectivity index (χ0n) is 11.7. The summed E-state index contributed by atoms with van der Waals surface area (Å²) in [5.41, 5.74) is 1.11. The Balaban J connectivity index is 2.11. The summed E-state index contributed by atoms with van der Waals surface area (Å²) in [6, 6.07) is 7.75. The third kappa shape index (κ3) is 3.61. The van der Waals surface area contributed by atoms with E-state index in [2.05, 4.69) is 4.98 Å². The van der Waals surface area contributed by atoms with Gasteiger partial charge in [-0.05, 0) is 17.7 Å². The lowest BCUT2D eigenvalue weighted by molar-refractivity contribution is -0.130. The monoisotopic (exact) mass is 291 g/mol. The van der Waals surface area contributed by atoms with Gasteiger partial charge in [0, 0.05) is 37.4 Å². The molecule has 5 heteroatoms. The van der Waals surface area contributed by atoms with Crippen LogP contribution in [0.1, 0.15) is 24.7 Å². The van der Waals surface area contributed by atoms with Gasteiger partial charge in [0.25, 0.3) is 0 Å². The van der Waals surface area contributed by atoms with Gasteiger partial charge in [-0.1, -0.05) is 30.7 Å². The number of imidazole rings is 1. The Bertz CT molecular complexity index is 594. The quantitative estimate of drug-likeness (QED) is 0.849. The zero-order chi connectivity index (χ0) is 14.5. The zero-order valence-corrected chi connectivity index (χ0v) is 12.5. The normalized spacial score (nSPS) is 10.6. The molecule has 0 N–H and O–H groups in total. The summed E-state index contributed by atoms with van der Waals surface area (Å²) >= 11 is 5.99. The molecule has 0 unspecified atom stereocenters. The number of carbonyl (C=O) groups excluding carboxylic acids is 1. The van der Waals surface area contributed by atoms with Crippen molar-refractivity contribution >= 4 is 17.5 Å². The second-order valence-corrected chi connectivity index (χ2v) is 5.14. The molecule has 0 spiro atoms. The van der Waals surface area contributed by atoms with Crippen LogP contribution in [-0.4, -0.2) is 27.4 Å². The Morgan fingerprint density at radius 1 is 1.45 bits per heavy atom. The Hall–Kier alpha value is -1.81. The number of hydrogen-bond donors (Lipinski definition) is 0. The molecule has 1 heterocycles. The van der Waals surface area contributed by atoms with Crippen molar-refractivity contribution in [3.05, 3.63) is 53.1 Å². The van der Waals surface area contributed by atoms with Crippen LogP contribution in [0, 0.1) is 0 Å². The highest BCUT2D eigenvalue weighted by Gasteiger charge is 2.10. The number of benzene rings is 1. The minimum Gasteiger partial charge on any atom is -0.338 e. The summed E-state index contributed by atoms with van der Waals surface area (Å²) in [7, 11) is 1.80. The smallest absolute Gasteiger partial charge is 0.222 e. The maximum absolute atomic E-state index is 11.6. The standard InChI is InChI=1S/C15H18ClN3O/c1-3-15(20)18(2)11-14-17-7-8-19(14)10-12-5-4-6-13(16)9-12/h4-9H,3,10-11H2,1-2H3. The van der Waals surface area contributed by atoms with E-state index in [4.69, 9.17) is 11.6 Å². The van der Waals surface area contributed by atoms with E-state index in [0.717, 1.165) is 16.4 Å². The lowest BCUT2D eigenvalue weighted by atomic mass is 10.2. The van der Waals surface area contributed by atoms with Crippen LogP contribution in [0.4, 0.5) is 0 Å². The molecule has 0 atom stereocenters.